The molecular formula is C25H20F2N8O5. The van der Waals surface area contributed by atoms with Crippen LogP contribution in [0.5, 0.6) is 5.88 Å². The normalized spacial score (nSPS) is 16.0. The van der Waals surface area contributed by atoms with Gasteiger partial charge in [0, 0.05) is 30.8 Å². The Labute approximate surface area is 224 Å². The molecule has 1 amide bonds. The molecule has 204 valence electrons. The molecule has 0 fully saturated rings. The molecule has 0 aliphatic carbocycles. The van der Waals surface area contributed by atoms with Crippen LogP contribution >= 0.6 is 0 Å². The standard InChI is InChI=1S/C25H20F2N8O5/c1-31-12-19-22-23(30-34(19)17-7-6-13(35(38)39)10-18(17)31)32(11-14-15(26)4-3-5-16(14)27)25(37)33(24(22)36)20-8-9-21(40-2)29-28-20/h3-10,25,37H,11-12H2,1-2H3. The highest BCUT2D eigenvalue weighted by Gasteiger charge is 2.45. The minimum atomic E-state index is -1.77. The average Bonchev–Trinajstić information content (AvgIpc) is 3.32. The highest BCUT2D eigenvalue weighted by molar-refractivity contribution is 6.12. The number of hydrogen-bond donors (Lipinski definition) is 1. The predicted molar refractivity (Wildman–Crippen MR) is 136 cm³/mol. The maximum atomic E-state index is 14.7. The zero-order valence-electron chi connectivity index (χ0n) is 21.0. The van der Waals surface area contributed by atoms with E-state index in [0.29, 0.717) is 17.1 Å². The zero-order chi connectivity index (χ0) is 28.3. The molecule has 4 aromatic rings. The molecule has 6 rings (SSSR count). The Balaban J connectivity index is 1.54. The van der Waals surface area contributed by atoms with Gasteiger partial charge >= 0.3 is 0 Å². The first-order chi connectivity index (χ1) is 19.2. The van der Waals surface area contributed by atoms with Crippen LogP contribution in [0.25, 0.3) is 5.69 Å². The zero-order valence-corrected chi connectivity index (χ0v) is 21.0. The fourth-order valence-electron chi connectivity index (χ4n) is 4.88. The van der Waals surface area contributed by atoms with Crippen molar-refractivity contribution >= 4 is 28.9 Å². The number of ether oxygens (including phenoxy) is 1. The Morgan fingerprint density at radius 2 is 1.88 bits per heavy atom. The van der Waals surface area contributed by atoms with Crippen LogP contribution in [0, 0.1) is 21.7 Å². The second-order valence-corrected chi connectivity index (χ2v) is 9.13. The van der Waals surface area contributed by atoms with Gasteiger partial charge in [0.05, 0.1) is 42.2 Å². The molecule has 2 aliphatic heterocycles. The largest absolute Gasteiger partial charge is 0.480 e. The lowest BCUT2D eigenvalue weighted by Crippen LogP contribution is -2.56. The third kappa shape index (κ3) is 3.78. The van der Waals surface area contributed by atoms with Crippen molar-refractivity contribution in [3.63, 3.8) is 0 Å². The molecule has 40 heavy (non-hydrogen) atoms. The van der Waals surface area contributed by atoms with Crippen LogP contribution < -0.4 is 19.4 Å². The number of carbonyl (C=O) groups is 1. The summed E-state index contributed by atoms with van der Waals surface area (Å²) in [5.41, 5.74) is 0.926. The number of methoxy groups -OCH3 is 1. The lowest BCUT2D eigenvalue weighted by molar-refractivity contribution is -0.384. The van der Waals surface area contributed by atoms with Gasteiger partial charge in [-0.15, -0.1) is 15.3 Å². The van der Waals surface area contributed by atoms with Gasteiger partial charge in [0.15, 0.2) is 11.6 Å². The van der Waals surface area contributed by atoms with E-state index in [9.17, 15) is 28.8 Å². The molecule has 0 spiro atoms. The van der Waals surface area contributed by atoms with Gasteiger partial charge in [-0.3, -0.25) is 14.9 Å². The Bertz CT molecular complexity index is 1660. The number of hydrogen-bond acceptors (Lipinski definition) is 10. The first kappa shape index (κ1) is 25.1. The minimum absolute atomic E-state index is 0.0209. The summed E-state index contributed by atoms with van der Waals surface area (Å²) < 4.78 is 35.9. The summed E-state index contributed by atoms with van der Waals surface area (Å²) >= 11 is 0. The van der Waals surface area contributed by atoms with Crippen molar-refractivity contribution in [3.05, 3.63) is 87.1 Å². The molecule has 0 saturated carbocycles. The minimum Gasteiger partial charge on any atom is -0.480 e. The summed E-state index contributed by atoms with van der Waals surface area (Å²) in [7, 11) is 3.09. The van der Waals surface area contributed by atoms with Crippen LogP contribution in [-0.4, -0.2) is 56.4 Å². The van der Waals surface area contributed by atoms with Crippen molar-refractivity contribution < 1.29 is 28.3 Å². The summed E-state index contributed by atoms with van der Waals surface area (Å²) in [4.78, 5) is 28.6. The van der Waals surface area contributed by atoms with E-state index < -0.39 is 35.4 Å². The molecule has 0 bridgehead atoms. The van der Waals surface area contributed by atoms with E-state index in [1.54, 1.807) is 11.9 Å². The van der Waals surface area contributed by atoms with E-state index in [2.05, 4.69) is 15.3 Å². The van der Waals surface area contributed by atoms with Gasteiger partial charge in [-0.1, -0.05) is 6.07 Å². The Kier molecular flexibility index (Phi) is 5.80. The van der Waals surface area contributed by atoms with Crippen LogP contribution in [0.2, 0.25) is 0 Å². The average molecular weight is 550 g/mol. The van der Waals surface area contributed by atoms with Crippen LogP contribution in [0.1, 0.15) is 21.6 Å². The number of halogens is 2. The van der Waals surface area contributed by atoms with Gasteiger partial charge in [-0.25, -0.2) is 18.4 Å². The number of rotatable bonds is 5. The van der Waals surface area contributed by atoms with Crippen molar-refractivity contribution in [1.82, 2.24) is 20.0 Å². The number of nitro groups is 1. The Morgan fingerprint density at radius 3 is 2.52 bits per heavy atom. The molecule has 0 saturated heterocycles. The van der Waals surface area contributed by atoms with E-state index in [0.717, 1.165) is 17.0 Å². The molecule has 13 nitrogen and oxygen atoms in total. The molecular weight excluding hydrogens is 530 g/mol. The second-order valence-electron chi connectivity index (χ2n) is 9.13. The van der Waals surface area contributed by atoms with Crippen molar-refractivity contribution in [2.24, 2.45) is 0 Å². The van der Waals surface area contributed by atoms with Gasteiger partial charge in [0.25, 0.3) is 11.6 Å². The van der Waals surface area contributed by atoms with Crippen LogP contribution in [0.3, 0.4) is 0 Å². The van der Waals surface area contributed by atoms with Crippen LogP contribution in [0.4, 0.5) is 31.8 Å². The van der Waals surface area contributed by atoms with Gasteiger partial charge in [-0.05, 0) is 24.3 Å². The number of nitrogens with zero attached hydrogens (tertiary/aromatic N) is 8. The maximum Gasteiger partial charge on any atom is 0.271 e. The van der Waals surface area contributed by atoms with E-state index in [1.165, 1.54) is 53.1 Å². The molecule has 1 unspecified atom stereocenters. The first-order valence-corrected chi connectivity index (χ1v) is 11.9. The number of aliphatic hydroxyl groups excluding tert-OH is 1. The van der Waals surface area contributed by atoms with Crippen molar-refractivity contribution in [2.75, 3.05) is 28.9 Å². The van der Waals surface area contributed by atoms with Crippen LogP contribution in [0.15, 0.2) is 48.5 Å². The van der Waals surface area contributed by atoms with Crippen molar-refractivity contribution in [2.45, 2.75) is 19.4 Å². The molecule has 4 heterocycles. The molecule has 15 heteroatoms. The van der Waals surface area contributed by atoms with Gasteiger partial charge < -0.3 is 19.6 Å². The third-order valence-corrected chi connectivity index (χ3v) is 6.85. The lowest BCUT2D eigenvalue weighted by atomic mass is 10.1. The summed E-state index contributed by atoms with van der Waals surface area (Å²) in [5.74, 6) is -2.25. The number of non-ortho nitro benzene ring substituents is 1. The molecule has 1 atom stereocenters. The number of nitro benzene ring substituents is 1. The number of aliphatic hydroxyl groups is 1. The topological polar surface area (TPSA) is 143 Å². The monoisotopic (exact) mass is 550 g/mol. The van der Waals surface area contributed by atoms with E-state index >= 15 is 0 Å². The number of carbonyl (C=O) groups excluding carboxylic acids is 1. The predicted octanol–water partition coefficient (Wildman–Crippen LogP) is 2.75. The smallest absolute Gasteiger partial charge is 0.271 e. The van der Waals surface area contributed by atoms with Crippen LogP contribution in [-0.2, 0) is 13.1 Å². The van der Waals surface area contributed by atoms with E-state index in [1.807, 2.05) is 0 Å². The van der Waals surface area contributed by atoms with Crippen molar-refractivity contribution in [3.8, 4) is 11.6 Å². The highest BCUT2D eigenvalue weighted by Crippen LogP contribution is 2.41. The summed E-state index contributed by atoms with van der Waals surface area (Å²) in [6, 6.07) is 10.5. The second kappa shape index (κ2) is 9.23. The number of amides is 1. The van der Waals surface area contributed by atoms with Gasteiger partial charge in [0.1, 0.15) is 17.2 Å². The molecule has 0 radical (unpaired) electrons. The number of aromatic nitrogens is 4. The highest BCUT2D eigenvalue weighted by atomic mass is 19.1. The Hall–Kier alpha value is -5.18. The van der Waals surface area contributed by atoms with Gasteiger partial charge in [0.2, 0.25) is 12.2 Å². The first-order valence-electron chi connectivity index (χ1n) is 11.9. The number of benzene rings is 2. The quantitative estimate of drug-likeness (QED) is 0.291. The summed E-state index contributed by atoms with van der Waals surface area (Å²) in [6.07, 6.45) is -1.77. The van der Waals surface area contributed by atoms with Gasteiger partial charge in [-0.2, -0.15) is 0 Å². The molecule has 2 aromatic heterocycles. The fraction of sp³-hybridized carbons (Fsp3) is 0.200. The van der Waals surface area contributed by atoms with Crippen molar-refractivity contribution in [1.29, 1.82) is 0 Å². The fourth-order valence-corrected chi connectivity index (χ4v) is 4.88. The Morgan fingerprint density at radius 1 is 1.12 bits per heavy atom. The SMILES string of the molecule is COc1ccc(N2C(=O)c3c(nn4c3CN(C)c3cc([N+](=O)[O-])ccc3-4)N(Cc3c(F)cccc3F)C2O)nn1. The lowest BCUT2D eigenvalue weighted by Gasteiger charge is -2.39. The maximum absolute atomic E-state index is 14.7. The number of anilines is 3. The molecule has 2 aliphatic rings. The summed E-state index contributed by atoms with van der Waals surface area (Å²) in [5, 5.41) is 35.2. The molecule has 1 N–H and O–H groups in total. The van der Waals surface area contributed by atoms with E-state index in [-0.39, 0.29) is 40.9 Å². The molecule has 2 aromatic carbocycles. The summed E-state index contributed by atoms with van der Waals surface area (Å²) in [6.45, 7) is -0.373. The third-order valence-electron chi connectivity index (χ3n) is 6.85. The number of fused-ring (bicyclic) bond motifs is 5. The van der Waals surface area contributed by atoms with E-state index in [4.69, 9.17) is 4.74 Å².